The summed E-state index contributed by atoms with van der Waals surface area (Å²) in [5.74, 6) is -0.731. The van der Waals surface area contributed by atoms with Crippen LogP contribution in [0.4, 0.5) is 4.39 Å². The van der Waals surface area contributed by atoms with Gasteiger partial charge in [-0.1, -0.05) is 41.4 Å². The second-order valence-corrected chi connectivity index (χ2v) is 6.82. The normalized spacial score (nSPS) is 11.0. The van der Waals surface area contributed by atoms with Crippen molar-refractivity contribution < 1.29 is 9.18 Å². The van der Waals surface area contributed by atoms with Crippen LogP contribution in [0.5, 0.6) is 0 Å². The molecule has 4 aromatic rings. The molecule has 0 aliphatic heterocycles. The standard InChI is InChI=1S/C19H12Cl2FN5O/c20-12-3-6-14(16(21)7-12)15-8-17(26-27-10-24-25-18(15)27)19(28)23-9-11-1-4-13(22)5-2-11/h1-8,10H,9H2,(H,23,28). The molecule has 0 saturated carbocycles. The van der Waals surface area contributed by atoms with Crippen LogP contribution in [0.1, 0.15) is 16.1 Å². The van der Waals surface area contributed by atoms with Crippen molar-refractivity contribution in [1.82, 2.24) is 25.1 Å². The summed E-state index contributed by atoms with van der Waals surface area (Å²) in [5.41, 5.74) is 2.64. The largest absolute Gasteiger partial charge is 0.347 e. The lowest BCUT2D eigenvalue weighted by Crippen LogP contribution is -2.24. The Balaban J connectivity index is 1.67. The van der Waals surface area contributed by atoms with Crippen molar-refractivity contribution in [1.29, 1.82) is 0 Å². The summed E-state index contributed by atoms with van der Waals surface area (Å²) >= 11 is 12.3. The summed E-state index contributed by atoms with van der Waals surface area (Å²) < 4.78 is 14.4. The zero-order valence-corrected chi connectivity index (χ0v) is 15.7. The number of hydrogen-bond donors (Lipinski definition) is 1. The van der Waals surface area contributed by atoms with Crippen molar-refractivity contribution >= 4 is 34.8 Å². The van der Waals surface area contributed by atoms with Crippen LogP contribution in [0.25, 0.3) is 16.8 Å². The van der Waals surface area contributed by atoms with E-state index in [4.69, 9.17) is 23.2 Å². The van der Waals surface area contributed by atoms with Gasteiger partial charge in [-0.25, -0.2) is 4.39 Å². The molecule has 140 valence electrons. The van der Waals surface area contributed by atoms with Crippen molar-refractivity contribution in [3.05, 3.63) is 82.0 Å². The molecular formula is C19H12Cl2FN5O. The van der Waals surface area contributed by atoms with E-state index in [-0.39, 0.29) is 18.1 Å². The van der Waals surface area contributed by atoms with Crippen molar-refractivity contribution in [3.8, 4) is 11.1 Å². The number of hydrogen-bond acceptors (Lipinski definition) is 4. The fourth-order valence-electron chi connectivity index (χ4n) is 2.72. The summed E-state index contributed by atoms with van der Waals surface area (Å²) in [4.78, 5) is 12.6. The van der Waals surface area contributed by atoms with Crippen molar-refractivity contribution in [2.24, 2.45) is 0 Å². The lowest BCUT2D eigenvalue weighted by molar-refractivity contribution is 0.0944. The van der Waals surface area contributed by atoms with Crippen LogP contribution in [-0.4, -0.2) is 25.7 Å². The van der Waals surface area contributed by atoms with E-state index in [1.54, 1.807) is 36.4 Å². The highest BCUT2D eigenvalue weighted by Crippen LogP contribution is 2.32. The molecular weight excluding hydrogens is 404 g/mol. The van der Waals surface area contributed by atoms with E-state index in [1.807, 2.05) is 0 Å². The molecule has 4 rings (SSSR count). The lowest BCUT2D eigenvalue weighted by Gasteiger charge is -2.09. The lowest BCUT2D eigenvalue weighted by atomic mass is 10.1. The van der Waals surface area contributed by atoms with E-state index < -0.39 is 5.91 Å². The SMILES string of the molecule is O=C(NCc1ccc(F)cc1)c1cc(-c2ccc(Cl)cc2Cl)c2nncn2n1. The molecule has 0 aliphatic carbocycles. The van der Waals surface area contributed by atoms with Gasteiger partial charge in [0.05, 0.1) is 5.02 Å². The highest BCUT2D eigenvalue weighted by molar-refractivity contribution is 6.36. The quantitative estimate of drug-likeness (QED) is 0.542. The fraction of sp³-hybridized carbons (Fsp3) is 0.0526. The van der Waals surface area contributed by atoms with Gasteiger partial charge in [0.1, 0.15) is 17.8 Å². The molecule has 0 spiro atoms. The third kappa shape index (κ3) is 3.67. The number of fused-ring (bicyclic) bond motifs is 1. The van der Waals surface area contributed by atoms with Crippen molar-refractivity contribution in [3.63, 3.8) is 0 Å². The number of amides is 1. The van der Waals surface area contributed by atoms with Crippen LogP contribution in [-0.2, 0) is 6.54 Å². The van der Waals surface area contributed by atoms with Crippen LogP contribution in [0.3, 0.4) is 0 Å². The van der Waals surface area contributed by atoms with Gasteiger partial charge in [0.15, 0.2) is 5.65 Å². The summed E-state index contributed by atoms with van der Waals surface area (Å²) in [6.45, 7) is 0.234. The Bertz CT molecular complexity index is 1180. The zero-order valence-electron chi connectivity index (χ0n) is 14.2. The first-order valence-corrected chi connectivity index (χ1v) is 8.96. The number of nitrogens with one attached hydrogen (secondary N) is 1. The second kappa shape index (κ2) is 7.53. The smallest absolute Gasteiger partial charge is 0.272 e. The molecule has 0 radical (unpaired) electrons. The average molecular weight is 416 g/mol. The van der Waals surface area contributed by atoms with Crippen LogP contribution in [0.2, 0.25) is 10.0 Å². The number of rotatable bonds is 4. The first-order valence-electron chi connectivity index (χ1n) is 8.20. The molecule has 9 heteroatoms. The molecule has 2 aromatic heterocycles. The maximum atomic E-state index is 13.0. The van der Waals surface area contributed by atoms with E-state index in [2.05, 4.69) is 20.6 Å². The Morgan fingerprint density at radius 2 is 1.86 bits per heavy atom. The number of aromatic nitrogens is 4. The van der Waals surface area contributed by atoms with Crippen molar-refractivity contribution in [2.75, 3.05) is 0 Å². The highest BCUT2D eigenvalue weighted by Gasteiger charge is 2.17. The van der Waals surface area contributed by atoms with E-state index in [9.17, 15) is 9.18 Å². The number of nitrogens with zero attached hydrogens (tertiary/aromatic N) is 4. The van der Waals surface area contributed by atoms with E-state index >= 15 is 0 Å². The molecule has 0 saturated heterocycles. The third-order valence-electron chi connectivity index (χ3n) is 4.09. The minimum Gasteiger partial charge on any atom is -0.347 e. The Morgan fingerprint density at radius 1 is 1.07 bits per heavy atom. The number of halogens is 3. The number of benzene rings is 2. The molecule has 1 N–H and O–H groups in total. The highest BCUT2D eigenvalue weighted by atomic mass is 35.5. The van der Waals surface area contributed by atoms with Crippen LogP contribution in [0, 0.1) is 5.82 Å². The summed E-state index contributed by atoms with van der Waals surface area (Å²) in [6, 6.07) is 12.5. The van der Waals surface area contributed by atoms with E-state index in [0.717, 1.165) is 5.56 Å². The average Bonchev–Trinajstić information content (AvgIpc) is 3.15. The van der Waals surface area contributed by atoms with Gasteiger partial charge in [-0.2, -0.15) is 9.61 Å². The van der Waals surface area contributed by atoms with Crippen LogP contribution >= 0.6 is 23.2 Å². The Labute approximate surface area is 168 Å². The molecule has 28 heavy (non-hydrogen) atoms. The minimum atomic E-state index is -0.397. The Hall–Kier alpha value is -3.03. The van der Waals surface area contributed by atoms with Gasteiger partial charge in [-0.15, -0.1) is 10.2 Å². The van der Waals surface area contributed by atoms with Gasteiger partial charge >= 0.3 is 0 Å². The van der Waals surface area contributed by atoms with Gasteiger partial charge < -0.3 is 5.32 Å². The molecule has 6 nitrogen and oxygen atoms in total. The fourth-order valence-corrected chi connectivity index (χ4v) is 3.23. The molecule has 1 amide bonds. The zero-order chi connectivity index (χ0) is 19.7. The Kier molecular flexibility index (Phi) is 4.93. The summed E-state index contributed by atoms with van der Waals surface area (Å²) in [6.07, 6.45) is 1.40. The first kappa shape index (κ1) is 18.3. The number of carbonyl (C=O) groups excluding carboxylic acids is 1. The van der Waals surface area contributed by atoms with E-state index in [1.165, 1.54) is 23.0 Å². The Morgan fingerprint density at radius 3 is 2.61 bits per heavy atom. The van der Waals surface area contributed by atoms with Crippen LogP contribution < -0.4 is 5.32 Å². The van der Waals surface area contributed by atoms with Gasteiger partial charge in [0.25, 0.3) is 5.91 Å². The monoisotopic (exact) mass is 415 g/mol. The molecule has 2 heterocycles. The van der Waals surface area contributed by atoms with Gasteiger partial charge in [0.2, 0.25) is 0 Å². The first-order chi connectivity index (χ1) is 13.5. The molecule has 2 aromatic carbocycles. The predicted molar refractivity (Wildman–Crippen MR) is 104 cm³/mol. The molecule has 0 aliphatic rings. The van der Waals surface area contributed by atoms with Gasteiger partial charge in [-0.3, -0.25) is 4.79 Å². The predicted octanol–water partition coefficient (Wildman–Crippen LogP) is 4.17. The molecule has 0 fully saturated rings. The number of carbonyl (C=O) groups is 1. The van der Waals surface area contributed by atoms with Gasteiger partial charge in [-0.05, 0) is 35.9 Å². The summed E-state index contributed by atoms with van der Waals surface area (Å²) in [5, 5.41) is 15.8. The summed E-state index contributed by atoms with van der Waals surface area (Å²) in [7, 11) is 0. The molecule has 0 atom stereocenters. The molecule has 0 bridgehead atoms. The maximum Gasteiger partial charge on any atom is 0.272 e. The maximum absolute atomic E-state index is 13.0. The second-order valence-electron chi connectivity index (χ2n) is 5.98. The van der Waals surface area contributed by atoms with Crippen LogP contribution in [0.15, 0.2) is 54.9 Å². The van der Waals surface area contributed by atoms with Gasteiger partial charge in [0, 0.05) is 22.7 Å². The minimum absolute atomic E-state index is 0.162. The topological polar surface area (TPSA) is 72.2 Å². The van der Waals surface area contributed by atoms with E-state index in [0.29, 0.717) is 26.8 Å². The molecule has 0 unspecified atom stereocenters. The third-order valence-corrected chi connectivity index (χ3v) is 4.64. The van der Waals surface area contributed by atoms with Crippen molar-refractivity contribution in [2.45, 2.75) is 6.54 Å².